The molecule has 3 aromatic carbocycles. The van der Waals surface area contributed by atoms with Crippen molar-refractivity contribution in [2.45, 2.75) is 70.2 Å². The summed E-state index contributed by atoms with van der Waals surface area (Å²) < 4.78 is 36.6. The number of methoxy groups -OCH3 is 1. The summed E-state index contributed by atoms with van der Waals surface area (Å²) in [5.41, 5.74) is 4.63. The van der Waals surface area contributed by atoms with E-state index in [0.717, 1.165) is 28.0 Å². The van der Waals surface area contributed by atoms with Gasteiger partial charge in [-0.2, -0.15) is 4.72 Å². The molecule has 0 unspecified atom stereocenters. The normalized spacial score (nSPS) is 13.0. The topological polar surface area (TPSA) is 55.4 Å². The fourth-order valence-electron chi connectivity index (χ4n) is 4.18. The molecule has 1 atom stereocenters. The molecule has 0 aliphatic rings. The highest BCUT2D eigenvalue weighted by Gasteiger charge is 2.30. The molecule has 34 heavy (non-hydrogen) atoms. The van der Waals surface area contributed by atoms with Crippen LogP contribution in [0.5, 0.6) is 5.75 Å². The number of benzene rings is 3. The maximum absolute atomic E-state index is 14.1. The lowest BCUT2D eigenvalue weighted by atomic mass is 9.89. The predicted octanol–water partition coefficient (Wildman–Crippen LogP) is 7.13. The smallest absolute Gasteiger partial charge is 0.242 e. The number of hydrogen-bond donors (Lipinski definition) is 1. The molecular weight excluding hydrogens is 442 g/mol. The molecule has 0 spiro atoms. The second-order valence-corrected chi connectivity index (χ2v) is 11.4. The summed E-state index contributed by atoms with van der Waals surface area (Å²) in [6.45, 7) is 12.5. The summed E-state index contributed by atoms with van der Waals surface area (Å²) >= 11 is 0. The van der Waals surface area contributed by atoms with E-state index in [0.29, 0.717) is 10.8 Å². The molecule has 3 rings (SSSR count). The number of sulfonamides is 1. The molecular formula is C29H37NO3S. The number of ether oxygens (including phenoxy) is 1. The number of hydrogen-bond acceptors (Lipinski definition) is 3. The van der Waals surface area contributed by atoms with Crippen LogP contribution in [0.25, 0.3) is 0 Å². The van der Waals surface area contributed by atoms with E-state index in [1.807, 2.05) is 54.6 Å². The third kappa shape index (κ3) is 5.70. The Morgan fingerprint density at radius 3 is 1.62 bits per heavy atom. The van der Waals surface area contributed by atoms with Crippen LogP contribution in [-0.2, 0) is 10.0 Å². The molecule has 0 saturated carbocycles. The minimum absolute atomic E-state index is 0.0685. The Bertz CT molecular complexity index is 1170. The molecule has 0 saturated heterocycles. The molecule has 0 aliphatic carbocycles. The van der Waals surface area contributed by atoms with E-state index in [9.17, 15) is 8.42 Å². The molecule has 5 heteroatoms. The first kappa shape index (κ1) is 26.0. The average Bonchev–Trinajstić information content (AvgIpc) is 2.82. The highest BCUT2D eigenvalue weighted by Crippen LogP contribution is 2.36. The van der Waals surface area contributed by atoms with E-state index in [1.54, 1.807) is 7.11 Å². The first-order valence-corrected chi connectivity index (χ1v) is 13.4. The van der Waals surface area contributed by atoms with Gasteiger partial charge in [0.05, 0.1) is 18.0 Å². The van der Waals surface area contributed by atoms with Gasteiger partial charge in [-0.3, -0.25) is 0 Å². The summed E-state index contributed by atoms with van der Waals surface area (Å²) in [6.07, 6.45) is 0. The van der Waals surface area contributed by atoms with E-state index >= 15 is 0 Å². The van der Waals surface area contributed by atoms with Crippen LogP contribution in [-0.4, -0.2) is 15.5 Å². The van der Waals surface area contributed by atoms with Gasteiger partial charge in [0, 0.05) is 0 Å². The van der Waals surface area contributed by atoms with Gasteiger partial charge in [0.25, 0.3) is 0 Å². The van der Waals surface area contributed by atoms with E-state index in [1.165, 1.54) is 5.56 Å². The van der Waals surface area contributed by atoms with Gasteiger partial charge in [-0.1, -0.05) is 96.1 Å². The molecule has 4 nitrogen and oxygen atoms in total. The lowest BCUT2D eigenvalue weighted by Crippen LogP contribution is -2.31. The lowest BCUT2D eigenvalue weighted by Gasteiger charge is -2.26. The van der Waals surface area contributed by atoms with Gasteiger partial charge in [-0.15, -0.1) is 0 Å². The highest BCUT2D eigenvalue weighted by molar-refractivity contribution is 7.89. The van der Waals surface area contributed by atoms with Gasteiger partial charge in [0.1, 0.15) is 5.75 Å². The van der Waals surface area contributed by atoms with Crippen molar-refractivity contribution in [2.24, 2.45) is 0 Å². The number of rotatable bonds is 9. The Kier molecular flexibility index (Phi) is 8.21. The standard InChI is InChI=1S/C29H37NO3S/c1-19(2)24-17-26(20(3)4)29(27(18-24)21(5)6)34(31,32)30-28(22-11-9-8-10-12-22)23-13-15-25(33-7)16-14-23/h8-21,28,30H,1-7H3/t28-/m0/s1. The summed E-state index contributed by atoms with van der Waals surface area (Å²) in [5, 5.41) is 0. The average molecular weight is 480 g/mol. The Balaban J connectivity index is 2.19. The van der Waals surface area contributed by atoms with Crippen LogP contribution in [0.2, 0.25) is 0 Å². The van der Waals surface area contributed by atoms with Gasteiger partial charge >= 0.3 is 0 Å². The van der Waals surface area contributed by atoms with Crippen molar-refractivity contribution in [3.05, 3.63) is 94.5 Å². The Labute approximate surface area is 205 Å². The predicted molar refractivity (Wildman–Crippen MR) is 140 cm³/mol. The summed E-state index contributed by atoms with van der Waals surface area (Å²) in [6, 6.07) is 20.8. The van der Waals surface area contributed by atoms with Crippen LogP contribution in [0, 0.1) is 0 Å². The fourth-order valence-corrected chi connectivity index (χ4v) is 6.09. The number of nitrogens with one attached hydrogen (secondary N) is 1. The van der Waals surface area contributed by atoms with Crippen molar-refractivity contribution in [2.75, 3.05) is 7.11 Å². The second-order valence-electron chi connectivity index (χ2n) is 9.73. The largest absolute Gasteiger partial charge is 0.497 e. The van der Waals surface area contributed by atoms with Crippen LogP contribution in [0.4, 0.5) is 0 Å². The molecule has 0 fully saturated rings. The highest BCUT2D eigenvalue weighted by atomic mass is 32.2. The van der Waals surface area contributed by atoms with Crippen LogP contribution < -0.4 is 9.46 Å². The maximum Gasteiger partial charge on any atom is 0.242 e. The minimum atomic E-state index is -3.85. The second kappa shape index (κ2) is 10.7. The first-order chi connectivity index (χ1) is 16.0. The quantitative estimate of drug-likeness (QED) is 0.355. The minimum Gasteiger partial charge on any atom is -0.497 e. The van der Waals surface area contributed by atoms with Gasteiger partial charge < -0.3 is 4.74 Å². The Morgan fingerprint density at radius 2 is 1.18 bits per heavy atom. The summed E-state index contributed by atoms with van der Waals surface area (Å²) in [5.74, 6) is 1.18. The van der Waals surface area contributed by atoms with Gasteiger partial charge in [0.2, 0.25) is 10.0 Å². The zero-order valence-electron chi connectivity index (χ0n) is 21.3. The van der Waals surface area contributed by atoms with Crippen LogP contribution in [0.1, 0.15) is 93.2 Å². The molecule has 0 amide bonds. The molecule has 0 bridgehead atoms. The SMILES string of the molecule is COc1ccc([C@@H](NS(=O)(=O)c2c(C(C)C)cc(C(C)C)cc2C(C)C)c2ccccc2)cc1. The first-order valence-electron chi connectivity index (χ1n) is 11.9. The van der Waals surface area contributed by atoms with Crippen molar-refractivity contribution >= 4 is 10.0 Å². The Hall–Kier alpha value is -2.63. The van der Waals surface area contributed by atoms with Crippen molar-refractivity contribution in [3.63, 3.8) is 0 Å². The van der Waals surface area contributed by atoms with E-state index in [2.05, 4.69) is 58.4 Å². The van der Waals surface area contributed by atoms with Gasteiger partial charge in [-0.05, 0) is 57.7 Å². The van der Waals surface area contributed by atoms with E-state index in [-0.39, 0.29) is 11.8 Å². The molecule has 182 valence electrons. The Morgan fingerprint density at radius 1 is 0.676 bits per heavy atom. The van der Waals surface area contributed by atoms with Crippen LogP contribution in [0.15, 0.2) is 71.6 Å². The molecule has 3 aromatic rings. The fraction of sp³-hybridized carbons (Fsp3) is 0.379. The third-order valence-electron chi connectivity index (χ3n) is 6.20. The van der Waals surface area contributed by atoms with E-state index < -0.39 is 16.1 Å². The third-order valence-corrected chi connectivity index (χ3v) is 7.76. The monoisotopic (exact) mass is 479 g/mol. The zero-order chi connectivity index (χ0) is 25.0. The summed E-state index contributed by atoms with van der Waals surface area (Å²) in [7, 11) is -2.23. The zero-order valence-corrected chi connectivity index (χ0v) is 22.1. The maximum atomic E-state index is 14.1. The molecule has 0 aromatic heterocycles. The van der Waals surface area contributed by atoms with Crippen LogP contribution >= 0.6 is 0 Å². The van der Waals surface area contributed by atoms with Crippen molar-refractivity contribution < 1.29 is 13.2 Å². The van der Waals surface area contributed by atoms with Gasteiger partial charge in [-0.25, -0.2) is 8.42 Å². The van der Waals surface area contributed by atoms with Gasteiger partial charge in [0.15, 0.2) is 0 Å². The molecule has 0 radical (unpaired) electrons. The van der Waals surface area contributed by atoms with Crippen molar-refractivity contribution in [1.29, 1.82) is 0 Å². The summed E-state index contributed by atoms with van der Waals surface area (Å²) in [4.78, 5) is 0.413. The molecule has 0 aliphatic heterocycles. The molecule has 1 N–H and O–H groups in total. The van der Waals surface area contributed by atoms with Crippen molar-refractivity contribution in [1.82, 2.24) is 4.72 Å². The molecule has 0 heterocycles. The van der Waals surface area contributed by atoms with E-state index in [4.69, 9.17) is 4.74 Å². The lowest BCUT2D eigenvalue weighted by molar-refractivity contribution is 0.414. The van der Waals surface area contributed by atoms with Crippen LogP contribution in [0.3, 0.4) is 0 Å². The van der Waals surface area contributed by atoms with Crippen molar-refractivity contribution in [3.8, 4) is 5.75 Å².